The summed E-state index contributed by atoms with van der Waals surface area (Å²) in [5.74, 6) is 0.655. The maximum Gasteiger partial charge on any atom is 0.409 e. The fourth-order valence-corrected chi connectivity index (χ4v) is 2.96. The predicted molar refractivity (Wildman–Crippen MR) is 99.3 cm³/mol. The van der Waals surface area contributed by atoms with Crippen molar-refractivity contribution in [1.82, 2.24) is 20.0 Å². The highest BCUT2D eigenvalue weighted by Gasteiger charge is 2.23. The molecule has 0 radical (unpaired) electrons. The average Bonchev–Trinajstić information content (AvgIpc) is 2.68. The van der Waals surface area contributed by atoms with E-state index in [0.717, 1.165) is 31.7 Å². The summed E-state index contributed by atoms with van der Waals surface area (Å²) in [5.41, 5.74) is 0.376. The van der Waals surface area contributed by atoms with Crippen molar-refractivity contribution in [2.75, 3.05) is 50.8 Å². The molecule has 144 valence electrons. The molecule has 1 saturated heterocycles. The van der Waals surface area contributed by atoms with E-state index in [1.54, 1.807) is 17.9 Å². The number of rotatable bonds is 7. The summed E-state index contributed by atoms with van der Waals surface area (Å²) in [5, 5.41) is 8.36. The molecule has 1 aliphatic heterocycles. The molecule has 0 atom stereocenters. The maximum absolute atomic E-state index is 12.5. The van der Waals surface area contributed by atoms with Crippen molar-refractivity contribution in [2.45, 2.75) is 33.6 Å². The van der Waals surface area contributed by atoms with Crippen LogP contribution in [0.4, 0.5) is 10.6 Å². The van der Waals surface area contributed by atoms with Gasteiger partial charge in [-0.2, -0.15) is 0 Å². The first kappa shape index (κ1) is 19.9. The third kappa shape index (κ3) is 5.06. The molecule has 0 bridgehead atoms. The summed E-state index contributed by atoms with van der Waals surface area (Å²) in [6.45, 7) is 10.3. The molecule has 1 fully saturated rings. The van der Waals surface area contributed by atoms with Crippen LogP contribution in [0.3, 0.4) is 0 Å². The lowest BCUT2D eigenvalue weighted by Crippen LogP contribution is -2.49. The van der Waals surface area contributed by atoms with Gasteiger partial charge in [0.2, 0.25) is 0 Å². The van der Waals surface area contributed by atoms with Crippen molar-refractivity contribution in [3.63, 3.8) is 0 Å². The third-order valence-electron chi connectivity index (χ3n) is 4.27. The van der Waals surface area contributed by atoms with Crippen LogP contribution >= 0.6 is 0 Å². The Morgan fingerprint density at radius 3 is 2.19 bits per heavy atom. The van der Waals surface area contributed by atoms with Gasteiger partial charge in [0.25, 0.3) is 5.91 Å². The van der Waals surface area contributed by atoms with Gasteiger partial charge in [-0.1, -0.05) is 13.8 Å². The predicted octanol–water partition coefficient (Wildman–Crippen LogP) is 2.02. The van der Waals surface area contributed by atoms with Crippen molar-refractivity contribution in [3.05, 3.63) is 17.8 Å². The second-order valence-electron chi connectivity index (χ2n) is 6.24. The number of ether oxygens (including phenoxy) is 1. The van der Waals surface area contributed by atoms with E-state index in [1.165, 1.54) is 0 Å². The van der Waals surface area contributed by atoms with E-state index in [9.17, 15) is 9.59 Å². The topological polar surface area (TPSA) is 78.9 Å². The van der Waals surface area contributed by atoms with Gasteiger partial charge in [-0.25, -0.2) is 4.79 Å². The van der Waals surface area contributed by atoms with Crippen LogP contribution < -0.4 is 4.90 Å². The van der Waals surface area contributed by atoms with Crippen LogP contribution in [0.25, 0.3) is 0 Å². The number of nitrogens with zero attached hydrogens (tertiary/aromatic N) is 5. The Morgan fingerprint density at radius 1 is 1.04 bits per heavy atom. The van der Waals surface area contributed by atoms with Crippen LogP contribution in [0.2, 0.25) is 0 Å². The molecular formula is C18H29N5O3. The van der Waals surface area contributed by atoms with Crippen LogP contribution in [0.1, 0.15) is 44.1 Å². The van der Waals surface area contributed by atoms with E-state index in [2.05, 4.69) is 28.9 Å². The summed E-state index contributed by atoms with van der Waals surface area (Å²) in [6.07, 6.45) is 1.57. The first-order valence-corrected chi connectivity index (χ1v) is 9.40. The molecule has 0 N–H and O–H groups in total. The SMILES string of the molecule is CCCN(CCC)C(=O)c1ccc(N2CCN(C(=O)OCC)CC2)nn1. The molecule has 2 amide bonds. The molecule has 0 spiro atoms. The largest absolute Gasteiger partial charge is 0.450 e. The molecule has 1 aromatic heterocycles. The summed E-state index contributed by atoms with van der Waals surface area (Å²) in [7, 11) is 0. The molecular weight excluding hydrogens is 334 g/mol. The van der Waals surface area contributed by atoms with Crippen LogP contribution in [0, 0.1) is 0 Å². The molecule has 2 rings (SSSR count). The highest BCUT2D eigenvalue weighted by Crippen LogP contribution is 2.14. The first-order chi connectivity index (χ1) is 12.6. The Morgan fingerprint density at radius 2 is 1.69 bits per heavy atom. The molecule has 0 saturated carbocycles. The summed E-state index contributed by atoms with van der Waals surface area (Å²) in [4.78, 5) is 29.9. The molecule has 8 heteroatoms. The monoisotopic (exact) mass is 363 g/mol. The van der Waals surface area contributed by atoms with Gasteiger partial charge >= 0.3 is 6.09 Å². The van der Waals surface area contributed by atoms with Gasteiger partial charge in [0.1, 0.15) is 0 Å². The number of hydrogen-bond acceptors (Lipinski definition) is 6. The molecule has 8 nitrogen and oxygen atoms in total. The number of aromatic nitrogens is 2. The summed E-state index contributed by atoms with van der Waals surface area (Å²) >= 11 is 0. The van der Waals surface area contributed by atoms with Crippen molar-refractivity contribution >= 4 is 17.8 Å². The second-order valence-corrected chi connectivity index (χ2v) is 6.24. The molecule has 0 unspecified atom stereocenters. The van der Waals surface area contributed by atoms with Gasteiger partial charge in [-0.3, -0.25) is 4.79 Å². The van der Waals surface area contributed by atoms with Gasteiger partial charge in [0, 0.05) is 39.3 Å². The first-order valence-electron chi connectivity index (χ1n) is 9.40. The summed E-state index contributed by atoms with van der Waals surface area (Å²) in [6, 6.07) is 3.57. The second kappa shape index (κ2) is 9.94. The van der Waals surface area contributed by atoms with E-state index < -0.39 is 0 Å². The summed E-state index contributed by atoms with van der Waals surface area (Å²) < 4.78 is 5.02. The standard InChI is InChI=1S/C18H29N5O3/c1-4-9-22(10-5-2)17(24)15-7-8-16(20-19-15)21-11-13-23(14-12-21)18(25)26-6-3/h7-8H,4-6,9-14H2,1-3H3. The molecule has 1 aromatic rings. The lowest BCUT2D eigenvalue weighted by molar-refractivity contribution is 0.0748. The van der Waals surface area contributed by atoms with Crippen LogP contribution in [-0.4, -0.2) is 77.9 Å². The number of amides is 2. The third-order valence-corrected chi connectivity index (χ3v) is 4.27. The van der Waals surface area contributed by atoms with Gasteiger partial charge in [0.05, 0.1) is 6.61 Å². The van der Waals surface area contributed by atoms with Crippen molar-refractivity contribution in [2.24, 2.45) is 0 Å². The number of anilines is 1. The van der Waals surface area contributed by atoms with E-state index in [0.29, 0.717) is 38.5 Å². The Labute approximate surface area is 155 Å². The number of hydrogen-bond donors (Lipinski definition) is 0. The maximum atomic E-state index is 12.5. The minimum atomic E-state index is -0.272. The van der Waals surface area contributed by atoms with Gasteiger partial charge in [-0.15, -0.1) is 10.2 Å². The Balaban J connectivity index is 1.95. The van der Waals surface area contributed by atoms with Crippen molar-refractivity contribution < 1.29 is 14.3 Å². The lowest BCUT2D eigenvalue weighted by atomic mass is 10.2. The lowest BCUT2D eigenvalue weighted by Gasteiger charge is -2.34. The van der Waals surface area contributed by atoms with Crippen molar-refractivity contribution in [1.29, 1.82) is 0 Å². The van der Waals surface area contributed by atoms with E-state index in [4.69, 9.17) is 4.74 Å². The van der Waals surface area contributed by atoms with E-state index in [1.807, 2.05) is 11.0 Å². The van der Waals surface area contributed by atoms with Crippen molar-refractivity contribution in [3.8, 4) is 0 Å². The number of carbonyl (C=O) groups excluding carboxylic acids is 2. The van der Waals surface area contributed by atoms with Gasteiger partial charge < -0.3 is 19.4 Å². The van der Waals surface area contributed by atoms with Crippen LogP contribution in [-0.2, 0) is 4.74 Å². The number of carbonyl (C=O) groups is 2. The zero-order valence-electron chi connectivity index (χ0n) is 16.0. The fourth-order valence-electron chi connectivity index (χ4n) is 2.96. The van der Waals surface area contributed by atoms with Gasteiger partial charge in [-0.05, 0) is 31.9 Å². The van der Waals surface area contributed by atoms with Gasteiger partial charge in [0.15, 0.2) is 11.5 Å². The minimum Gasteiger partial charge on any atom is -0.450 e. The highest BCUT2D eigenvalue weighted by atomic mass is 16.6. The number of piperazine rings is 1. The Kier molecular flexibility index (Phi) is 7.62. The van der Waals surface area contributed by atoms with E-state index in [-0.39, 0.29) is 12.0 Å². The minimum absolute atomic E-state index is 0.0696. The zero-order chi connectivity index (χ0) is 18.9. The molecule has 26 heavy (non-hydrogen) atoms. The fraction of sp³-hybridized carbons (Fsp3) is 0.667. The average molecular weight is 363 g/mol. The molecule has 0 aromatic carbocycles. The molecule has 1 aliphatic rings. The van der Waals surface area contributed by atoms with Crippen LogP contribution in [0.5, 0.6) is 0 Å². The quantitative estimate of drug-likeness (QED) is 0.737. The van der Waals surface area contributed by atoms with E-state index >= 15 is 0 Å². The van der Waals surface area contributed by atoms with Crippen LogP contribution in [0.15, 0.2) is 12.1 Å². The highest BCUT2D eigenvalue weighted by molar-refractivity contribution is 5.92. The Hall–Kier alpha value is -2.38. The zero-order valence-corrected chi connectivity index (χ0v) is 16.0. The normalized spacial score (nSPS) is 14.3. The smallest absolute Gasteiger partial charge is 0.409 e. The Bertz CT molecular complexity index is 579. The molecule has 0 aliphatic carbocycles. The molecule has 2 heterocycles.